The molecule has 1 saturated heterocycles. The first-order valence-corrected chi connectivity index (χ1v) is 8.78. The van der Waals surface area contributed by atoms with Crippen LogP contribution in [0.5, 0.6) is 0 Å². The first-order chi connectivity index (χ1) is 12.2. The Bertz CT molecular complexity index is 744. The first kappa shape index (κ1) is 17.4. The zero-order chi connectivity index (χ0) is 17.5. The molecule has 2 heterocycles. The molecule has 1 amide bonds. The number of hydrogen-bond donors (Lipinski definition) is 1. The monoisotopic (exact) mass is 340 g/mol. The number of amides is 1. The van der Waals surface area contributed by atoms with Gasteiger partial charge in [0.05, 0.1) is 0 Å². The van der Waals surface area contributed by atoms with E-state index >= 15 is 0 Å². The van der Waals surface area contributed by atoms with E-state index in [1.807, 2.05) is 6.07 Å². The predicted octanol–water partition coefficient (Wildman–Crippen LogP) is 1.24. The maximum Gasteiger partial charge on any atom is 0.347 e. The van der Waals surface area contributed by atoms with E-state index in [9.17, 15) is 9.59 Å². The van der Waals surface area contributed by atoms with Gasteiger partial charge >= 0.3 is 5.69 Å². The Morgan fingerprint density at radius 2 is 2.08 bits per heavy atom. The molecule has 1 aromatic carbocycles. The van der Waals surface area contributed by atoms with Gasteiger partial charge in [-0.3, -0.25) is 9.36 Å². The second-order valence-electron chi connectivity index (χ2n) is 6.43. The fourth-order valence-electron chi connectivity index (χ4n) is 3.33. The molecule has 1 aliphatic rings. The number of piperidine rings is 1. The summed E-state index contributed by atoms with van der Waals surface area (Å²) in [5, 5.41) is 2.89. The number of benzene rings is 1. The number of carbonyl (C=O) groups is 1. The molecule has 6 heteroatoms. The largest absolute Gasteiger partial charge is 0.353 e. The van der Waals surface area contributed by atoms with Crippen LogP contribution in [0.2, 0.25) is 0 Å². The molecule has 25 heavy (non-hydrogen) atoms. The molecule has 1 aliphatic heterocycles. The highest BCUT2D eigenvalue weighted by molar-refractivity contribution is 5.75. The summed E-state index contributed by atoms with van der Waals surface area (Å²) in [6.07, 6.45) is 5.40. The topological polar surface area (TPSA) is 67.2 Å². The molecule has 1 atom stereocenters. The van der Waals surface area contributed by atoms with Crippen LogP contribution >= 0.6 is 0 Å². The molecule has 0 aliphatic carbocycles. The van der Waals surface area contributed by atoms with Gasteiger partial charge in [0.1, 0.15) is 6.54 Å². The van der Waals surface area contributed by atoms with Gasteiger partial charge in [-0.15, -0.1) is 0 Å². The van der Waals surface area contributed by atoms with Gasteiger partial charge in [0.2, 0.25) is 5.91 Å². The van der Waals surface area contributed by atoms with E-state index in [2.05, 4.69) is 39.5 Å². The Morgan fingerprint density at radius 3 is 2.88 bits per heavy atom. The van der Waals surface area contributed by atoms with Gasteiger partial charge in [-0.1, -0.05) is 30.3 Å². The number of likely N-dealkylation sites (tertiary alicyclic amines) is 1. The van der Waals surface area contributed by atoms with Gasteiger partial charge in [0.15, 0.2) is 0 Å². The summed E-state index contributed by atoms with van der Waals surface area (Å²) >= 11 is 0. The average molecular weight is 340 g/mol. The molecule has 0 bridgehead atoms. The zero-order valence-corrected chi connectivity index (χ0v) is 14.3. The fourth-order valence-corrected chi connectivity index (χ4v) is 3.33. The molecule has 0 saturated carbocycles. The molecule has 1 fully saturated rings. The number of aromatic nitrogens is 2. The third-order valence-electron chi connectivity index (χ3n) is 4.62. The summed E-state index contributed by atoms with van der Waals surface area (Å²) in [6.45, 7) is 3.54. The van der Waals surface area contributed by atoms with Crippen LogP contribution in [-0.2, 0) is 11.3 Å². The van der Waals surface area contributed by atoms with E-state index in [-0.39, 0.29) is 12.5 Å². The molecule has 1 N–H and O–H groups in total. The lowest BCUT2D eigenvalue weighted by molar-refractivity contribution is -0.121. The van der Waals surface area contributed by atoms with Crippen molar-refractivity contribution in [3.63, 3.8) is 0 Å². The number of nitrogens with zero attached hydrogens (tertiary/aromatic N) is 3. The second-order valence-corrected chi connectivity index (χ2v) is 6.43. The van der Waals surface area contributed by atoms with Gasteiger partial charge in [0, 0.05) is 32.0 Å². The van der Waals surface area contributed by atoms with Crippen LogP contribution in [0, 0.1) is 0 Å². The molecule has 1 aromatic heterocycles. The van der Waals surface area contributed by atoms with Crippen LogP contribution in [0.3, 0.4) is 0 Å². The minimum atomic E-state index is -0.403. The Balaban J connectivity index is 1.43. The zero-order valence-electron chi connectivity index (χ0n) is 14.3. The Hall–Kier alpha value is -2.47. The van der Waals surface area contributed by atoms with Gasteiger partial charge in [-0.25, -0.2) is 9.78 Å². The standard InChI is InChI=1S/C19H24N4O2/c24-18(15-23-12-5-9-21-19(23)25)20-10-13-22-11-4-8-17(14-22)16-6-2-1-3-7-16/h1-3,5-7,9,12,17H,4,8,10-11,13-15H2,(H,20,24)/t17-/m1/s1. The maximum absolute atomic E-state index is 12.0. The summed E-state index contributed by atoms with van der Waals surface area (Å²) in [6, 6.07) is 12.3. The summed E-state index contributed by atoms with van der Waals surface area (Å²) in [5.41, 5.74) is 0.992. The third-order valence-corrected chi connectivity index (χ3v) is 4.62. The molecule has 132 valence electrons. The summed E-state index contributed by atoms with van der Waals surface area (Å²) < 4.78 is 1.31. The van der Waals surface area contributed by atoms with Gasteiger partial charge in [-0.2, -0.15) is 0 Å². The first-order valence-electron chi connectivity index (χ1n) is 8.78. The molecule has 0 spiro atoms. The quantitative estimate of drug-likeness (QED) is 0.859. The number of hydrogen-bond acceptors (Lipinski definition) is 4. The van der Waals surface area contributed by atoms with Crippen molar-refractivity contribution >= 4 is 5.91 Å². The summed E-state index contributed by atoms with van der Waals surface area (Å²) in [5.74, 6) is 0.409. The van der Waals surface area contributed by atoms with Crippen LogP contribution in [-0.4, -0.2) is 46.5 Å². The van der Waals surface area contributed by atoms with E-state index in [1.165, 1.54) is 29.2 Å². The summed E-state index contributed by atoms with van der Waals surface area (Å²) in [4.78, 5) is 29.5. The van der Waals surface area contributed by atoms with Crippen molar-refractivity contribution in [2.24, 2.45) is 0 Å². The Labute approximate surface area is 147 Å². The normalized spacial score (nSPS) is 18.0. The van der Waals surface area contributed by atoms with E-state index in [4.69, 9.17) is 0 Å². The average Bonchev–Trinajstić information content (AvgIpc) is 2.65. The van der Waals surface area contributed by atoms with Crippen LogP contribution in [0.1, 0.15) is 24.3 Å². The minimum Gasteiger partial charge on any atom is -0.353 e. The van der Waals surface area contributed by atoms with Crippen LogP contribution in [0.25, 0.3) is 0 Å². The van der Waals surface area contributed by atoms with Crippen LogP contribution < -0.4 is 11.0 Å². The van der Waals surface area contributed by atoms with E-state index < -0.39 is 5.69 Å². The number of nitrogens with one attached hydrogen (secondary N) is 1. The van der Waals surface area contributed by atoms with Gasteiger partial charge in [0.25, 0.3) is 0 Å². The van der Waals surface area contributed by atoms with Crippen molar-refractivity contribution in [3.05, 3.63) is 64.8 Å². The molecular weight excluding hydrogens is 316 g/mol. The summed E-state index contributed by atoms with van der Waals surface area (Å²) in [7, 11) is 0. The molecule has 0 unspecified atom stereocenters. The second kappa shape index (κ2) is 8.58. The Morgan fingerprint density at radius 1 is 1.24 bits per heavy atom. The van der Waals surface area contributed by atoms with Crippen molar-refractivity contribution in [1.82, 2.24) is 19.8 Å². The lowest BCUT2D eigenvalue weighted by Gasteiger charge is -2.33. The van der Waals surface area contributed by atoms with Gasteiger partial charge < -0.3 is 10.2 Å². The van der Waals surface area contributed by atoms with Crippen molar-refractivity contribution < 1.29 is 4.79 Å². The number of carbonyl (C=O) groups excluding carboxylic acids is 1. The van der Waals surface area contributed by atoms with E-state index in [1.54, 1.807) is 12.3 Å². The van der Waals surface area contributed by atoms with Crippen molar-refractivity contribution in [2.45, 2.75) is 25.3 Å². The molecule has 3 rings (SSSR count). The Kier molecular flexibility index (Phi) is 5.95. The highest BCUT2D eigenvalue weighted by Crippen LogP contribution is 2.26. The van der Waals surface area contributed by atoms with E-state index in [0.717, 1.165) is 19.6 Å². The van der Waals surface area contributed by atoms with Crippen LogP contribution in [0.4, 0.5) is 0 Å². The highest BCUT2D eigenvalue weighted by atomic mass is 16.2. The lowest BCUT2D eigenvalue weighted by Crippen LogP contribution is -2.41. The van der Waals surface area contributed by atoms with E-state index in [0.29, 0.717) is 12.5 Å². The van der Waals surface area contributed by atoms with Crippen molar-refractivity contribution in [1.29, 1.82) is 0 Å². The smallest absolute Gasteiger partial charge is 0.347 e. The van der Waals surface area contributed by atoms with Crippen LogP contribution in [0.15, 0.2) is 53.6 Å². The molecule has 2 aromatic rings. The van der Waals surface area contributed by atoms with Crippen molar-refractivity contribution in [2.75, 3.05) is 26.2 Å². The molecule has 6 nitrogen and oxygen atoms in total. The minimum absolute atomic E-state index is 0.0132. The molecule has 0 radical (unpaired) electrons. The van der Waals surface area contributed by atoms with Crippen molar-refractivity contribution in [3.8, 4) is 0 Å². The molecular formula is C19H24N4O2. The highest BCUT2D eigenvalue weighted by Gasteiger charge is 2.20. The third kappa shape index (κ3) is 5.00. The number of rotatable bonds is 6. The SMILES string of the molecule is O=C(Cn1cccnc1=O)NCCN1CCC[C@@H](c2ccccc2)C1. The fraction of sp³-hybridized carbons (Fsp3) is 0.421. The van der Waals surface area contributed by atoms with Gasteiger partial charge in [-0.05, 0) is 36.9 Å². The lowest BCUT2D eigenvalue weighted by atomic mass is 9.91. The maximum atomic E-state index is 12.0. The predicted molar refractivity (Wildman–Crippen MR) is 96.4 cm³/mol.